The summed E-state index contributed by atoms with van der Waals surface area (Å²) in [5.74, 6) is 1.51. The van der Waals surface area contributed by atoms with Crippen molar-refractivity contribution in [1.82, 2.24) is 9.97 Å². The van der Waals surface area contributed by atoms with E-state index in [0.717, 1.165) is 31.7 Å². The topological polar surface area (TPSA) is 84.5 Å². The highest BCUT2D eigenvalue weighted by Crippen LogP contribution is 2.31. The number of aliphatic hydroxyl groups excluding tert-OH is 1. The third-order valence-electron chi connectivity index (χ3n) is 3.54. The van der Waals surface area contributed by atoms with Gasteiger partial charge >= 0.3 is 0 Å². The molecule has 1 aliphatic heterocycles. The van der Waals surface area contributed by atoms with Crippen molar-refractivity contribution in [3.8, 4) is 5.88 Å². The van der Waals surface area contributed by atoms with E-state index in [-0.39, 0.29) is 6.10 Å². The van der Waals surface area contributed by atoms with Gasteiger partial charge in [-0.2, -0.15) is 4.98 Å². The molecule has 2 heterocycles. The van der Waals surface area contributed by atoms with Gasteiger partial charge in [0.15, 0.2) is 5.82 Å². The molecule has 1 aromatic heterocycles. The van der Waals surface area contributed by atoms with E-state index in [1.807, 2.05) is 6.92 Å². The molecule has 0 bridgehead atoms. The summed E-state index contributed by atoms with van der Waals surface area (Å²) in [6.07, 6.45) is 3.11. The normalized spacial score (nSPS) is 18.7. The van der Waals surface area contributed by atoms with Crippen molar-refractivity contribution in [3.63, 3.8) is 0 Å². The number of nitrogens with zero attached hydrogens (tertiary/aromatic N) is 3. The van der Waals surface area contributed by atoms with Crippen molar-refractivity contribution in [2.45, 2.75) is 25.9 Å². The van der Waals surface area contributed by atoms with Crippen molar-refractivity contribution < 1.29 is 9.84 Å². The zero-order chi connectivity index (χ0) is 13.1. The Balaban J connectivity index is 2.10. The van der Waals surface area contributed by atoms with Gasteiger partial charge in [-0.3, -0.25) is 0 Å². The molecule has 6 nitrogen and oxygen atoms in total. The van der Waals surface area contributed by atoms with Crippen LogP contribution in [0.3, 0.4) is 0 Å². The minimum atomic E-state index is -0.246. The standard InChI is InChI=1S/C12H20N4O2/c1-8(17)9-3-5-16(6-4-9)11-10(13)12(18-2)15-7-14-11/h7-9,17H,3-6,13H2,1-2H3. The molecule has 2 rings (SSSR count). The fourth-order valence-corrected chi connectivity index (χ4v) is 2.38. The van der Waals surface area contributed by atoms with Crippen molar-refractivity contribution in [2.24, 2.45) is 5.92 Å². The van der Waals surface area contributed by atoms with Gasteiger partial charge in [-0.05, 0) is 25.7 Å². The number of aliphatic hydroxyl groups is 1. The monoisotopic (exact) mass is 252 g/mol. The molecule has 1 unspecified atom stereocenters. The minimum Gasteiger partial charge on any atom is -0.479 e. The molecule has 6 heteroatoms. The summed E-state index contributed by atoms with van der Waals surface area (Å²) >= 11 is 0. The fraction of sp³-hybridized carbons (Fsp3) is 0.667. The Bertz CT molecular complexity index is 403. The lowest BCUT2D eigenvalue weighted by atomic mass is 9.92. The maximum absolute atomic E-state index is 9.58. The van der Waals surface area contributed by atoms with Gasteiger partial charge in [-0.1, -0.05) is 0 Å². The average molecular weight is 252 g/mol. The highest BCUT2D eigenvalue weighted by atomic mass is 16.5. The maximum atomic E-state index is 9.58. The predicted octanol–water partition coefficient (Wildman–Crippen LogP) is 0.665. The lowest BCUT2D eigenvalue weighted by Crippen LogP contribution is -2.37. The number of piperidine rings is 1. The lowest BCUT2D eigenvalue weighted by molar-refractivity contribution is 0.110. The number of aromatic nitrogens is 2. The minimum absolute atomic E-state index is 0.246. The first-order valence-corrected chi connectivity index (χ1v) is 6.21. The second-order valence-electron chi connectivity index (χ2n) is 4.69. The van der Waals surface area contributed by atoms with E-state index < -0.39 is 0 Å². The second kappa shape index (κ2) is 5.39. The molecule has 18 heavy (non-hydrogen) atoms. The Morgan fingerprint density at radius 2 is 2.11 bits per heavy atom. The smallest absolute Gasteiger partial charge is 0.242 e. The average Bonchev–Trinajstić information content (AvgIpc) is 2.39. The summed E-state index contributed by atoms with van der Waals surface area (Å²) in [5, 5.41) is 9.58. The van der Waals surface area contributed by atoms with Gasteiger partial charge in [-0.15, -0.1) is 0 Å². The molecule has 0 saturated carbocycles. The Morgan fingerprint density at radius 3 is 2.67 bits per heavy atom. The summed E-state index contributed by atoms with van der Waals surface area (Å²) in [4.78, 5) is 10.3. The van der Waals surface area contributed by atoms with E-state index in [2.05, 4.69) is 14.9 Å². The van der Waals surface area contributed by atoms with Crippen molar-refractivity contribution >= 4 is 11.5 Å². The van der Waals surface area contributed by atoms with Crippen LogP contribution in [0.5, 0.6) is 5.88 Å². The van der Waals surface area contributed by atoms with E-state index >= 15 is 0 Å². The summed E-state index contributed by atoms with van der Waals surface area (Å²) in [6.45, 7) is 3.54. The van der Waals surface area contributed by atoms with Crippen LogP contribution in [0.15, 0.2) is 6.33 Å². The number of rotatable bonds is 3. The first-order valence-electron chi connectivity index (χ1n) is 6.21. The van der Waals surface area contributed by atoms with Gasteiger partial charge < -0.3 is 20.5 Å². The third-order valence-corrected chi connectivity index (χ3v) is 3.54. The maximum Gasteiger partial charge on any atom is 0.242 e. The van der Waals surface area contributed by atoms with Crippen molar-refractivity contribution in [3.05, 3.63) is 6.33 Å². The highest BCUT2D eigenvalue weighted by molar-refractivity contribution is 5.67. The quantitative estimate of drug-likeness (QED) is 0.822. The predicted molar refractivity (Wildman–Crippen MR) is 69.6 cm³/mol. The molecule has 0 aliphatic carbocycles. The van der Waals surface area contributed by atoms with Gasteiger partial charge in [0.2, 0.25) is 5.88 Å². The molecule has 0 amide bonds. The summed E-state index contributed by atoms with van der Waals surface area (Å²) < 4.78 is 5.09. The number of hydrogen-bond acceptors (Lipinski definition) is 6. The molecular weight excluding hydrogens is 232 g/mol. The number of anilines is 2. The number of methoxy groups -OCH3 is 1. The molecule has 1 fully saturated rings. The van der Waals surface area contributed by atoms with Crippen LogP contribution in [0.4, 0.5) is 11.5 Å². The van der Waals surface area contributed by atoms with Crippen LogP contribution in [0.25, 0.3) is 0 Å². The van der Waals surface area contributed by atoms with Crippen LogP contribution < -0.4 is 15.4 Å². The molecule has 1 saturated heterocycles. The first-order chi connectivity index (χ1) is 8.63. The molecule has 0 spiro atoms. The van der Waals surface area contributed by atoms with Gasteiger partial charge in [0.1, 0.15) is 12.0 Å². The zero-order valence-electron chi connectivity index (χ0n) is 10.8. The van der Waals surface area contributed by atoms with Gasteiger partial charge in [0.25, 0.3) is 0 Å². The summed E-state index contributed by atoms with van der Waals surface area (Å²) in [5.41, 5.74) is 6.46. The Morgan fingerprint density at radius 1 is 1.44 bits per heavy atom. The van der Waals surface area contributed by atoms with Crippen LogP contribution in [0.2, 0.25) is 0 Å². The first kappa shape index (κ1) is 12.9. The molecule has 1 aromatic rings. The van der Waals surface area contributed by atoms with E-state index in [9.17, 15) is 5.11 Å². The van der Waals surface area contributed by atoms with Crippen LogP contribution in [0, 0.1) is 5.92 Å². The zero-order valence-corrected chi connectivity index (χ0v) is 10.8. The summed E-state index contributed by atoms with van der Waals surface area (Å²) in [6, 6.07) is 0. The van der Waals surface area contributed by atoms with E-state index in [4.69, 9.17) is 10.5 Å². The van der Waals surface area contributed by atoms with Crippen molar-refractivity contribution in [2.75, 3.05) is 30.8 Å². The number of nitrogens with two attached hydrogens (primary N) is 1. The molecule has 1 aliphatic rings. The van der Waals surface area contributed by atoms with Crippen molar-refractivity contribution in [1.29, 1.82) is 0 Å². The van der Waals surface area contributed by atoms with E-state index in [1.54, 1.807) is 7.11 Å². The number of hydrogen-bond donors (Lipinski definition) is 2. The molecule has 1 atom stereocenters. The molecule has 0 aromatic carbocycles. The SMILES string of the molecule is COc1ncnc(N2CCC(C(C)O)CC2)c1N. The number of nitrogen functional groups attached to an aromatic ring is 1. The van der Waals surface area contributed by atoms with Gasteiger partial charge in [-0.25, -0.2) is 4.98 Å². The van der Waals surface area contributed by atoms with E-state index in [0.29, 0.717) is 17.5 Å². The molecule has 0 radical (unpaired) electrons. The highest BCUT2D eigenvalue weighted by Gasteiger charge is 2.25. The Labute approximate surface area is 107 Å². The largest absolute Gasteiger partial charge is 0.479 e. The second-order valence-corrected chi connectivity index (χ2v) is 4.69. The molecule has 3 N–H and O–H groups in total. The van der Waals surface area contributed by atoms with Crippen LogP contribution in [-0.4, -0.2) is 41.4 Å². The molecular formula is C12H20N4O2. The molecule has 100 valence electrons. The Hall–Kier alpha value is -1.56. The van der Waals surface area contributed by atoms with Crippen LogP contribution in [0.1, 0.15) is 19.8 Å². The lowest BCUT2D eigenvalue weighted by Gasteiger charge is -2.34. The van der Waals surface area contributed by atoms with E-state index in [1.165, 1.54) is 6.33 Å². The third kappa shape index (κ3) is 2.48. The van der Waals surface area contributed by atoms with Crippen LogP contribution >= 0.6 is 0 Å². The summed E-state index contributed by atoms with van der Waals surface area (Å²) in [7, 11) is 1.54. The fourth-order valence-electron chi connectivity index (χ4n) is 2.38. The number of ether oxygens (including phenoxy) is 1. The van der Waals surface area contributed by atoms with Gasteiger partial charge in [0.05, 0.1) is 13.2 Å². The Kier molecular flexibility index (Phi) is 3.86. The van der Waals surface area contributed by atoms with Crippen LogP contribution in [-0.2, 0) is 0 Å². The van der Waals surface area contributed by atoms with Gasteiger partial charge in [0, 0.05) is 13.1 Å².